The topological polar surface area (TPSA) is 108 Å². The molecule has 8 nitrogen and oxygen atoms in total. The van der Waals surface area contributed by atoms with Gasteiger partial charge in [0.1, 0.15) is 16.7 Å². The van der Waals surface area contributed by atoms with Crippen molar-refractivity contribution in [2.24, 2.45) is 0 Å². The molecule has 0 saturated carbocycles. The van der Waals surface area contributed by atoms with Gasteiger partial charge in [0.05, 0.1) is 43.4 Å². The highest BCUT2D eigenvalue weighted by molar-refractivity contribution is 6.32. The number of rotatable bonds is 8. The minimum atomic E-state index is -1.11. The first-order valence-electron chi connectivity index (χ1n) is 8.68. The van der Waals surface area contributed by atoms with Crippen molar-refractivity contribution < 1.29 is 19.0 Å². The van der Waals surface area contributed by atoms with E-state index in [0.717, 1.165) is 12.1 Å². The van der Waals surface area contributed by atoms with Crippen LogP contribution >= 0.6 is 11.6 Å². The van der Waals surface area contributed by atoms with Crippen LogP contribution in [0, 0.1) is 11.6 Å². The first kappa shape index (κ1) is 20.9. The molecule has 2 atom stereocenters. The highest BCUT2D eigenvalue weighted by Gasteiger charge is 2.21. The van der Waals surface area contributed by atoms with Crippen LogP contribution in [0.15, 0.2) is 36.8 Å². The third-order valence-electron chi connectivity index (χ3n) is 3.93. The average molecular weight is 425 g/mol. The van der Waals surface area contributed by atoms with Crippen molar-refractivity contribution in [1.29, 1.82) is 0 Å². The molecule has 0 fully saturated rings. The van der Waals surface area contributed by atoms with Gasteiger partial charge in [0.25, 0.3) is 0 Å². The van der Waals surface area contributed by atoms with Crippen LogP contribution in [0.25, 0.3) is 0 Å². The van der Waals surface area contributed by atoms with Gasteiger partial charge in [0, 0.05) is 11.8 Å². The van der Waals surface area contributed by atoms with E-state index in [2.05, 4.69) is 25.7 Å². The Labute approximate surface area is 170 Å². The van der Waals surface area contributed by atoms with Crippen LogP contribution in [-0.2, 0) is 6.54 Å². The molecule has 154 valence electrons. The Morgan fingerprint density at radius 2 is 1.97 bits per heavy atom. The van der Waals surface area contributed by atoms with Crippen LogP contribution in [0.2, 0.25) is 5.02 Å². The van der Waals surface area contributed by atoms with Gasteiger partial charge in [-0.05, 0) is 19.1 Å². The summed E-state index contributed by atoms with van der Waals surface area (Å²) in [4.78, 5) is 8.26. The molecule has 2 heterocycles. The van der Waals surface area contributed by atoms with Crippen molar-refractivity contribution in [1.82, 2.24) is 19.7 Å². The van der Waals surface area contributed by atoms with E-state index < -0.39 is 30.4 Å². The van der Waals surface area contributed by atoms with Crippen LogP contribution < -0.4 is 10.6 Å². The first-order valence-corrected chi connectivity index (χ1v) is 9.06. The lowest BCUT2D eigenvalue weighted by molar-refractivity contribution is 0.168. The Kier molecular flexibility index (Phi) is 6.57. The number of hydrogen-bond acceptors (Lipinski definition) is 7. The molecule has 0 spiro atoms. The molecule has 1 aromatic carbocycles. The van der Waals surface area contributed by atoms with E-state index in [-0.39, 0.29) is 22.4 Å². The highest BCUT2D eigenvalue weighted by Crippen LogP contribution is 2.28. The van der Waals surface area contributed by atoms with Gasteiger partial charge < -0.3 is 20.8 Å². The molecular formula is C18H19ClF2N6O2. The summed E-state index contributed by atoms with van der Waals surface area (Å²) >= 11 is 6.10. The zero-order valence-corrected chi connectivity index (χ0v) is 16.1. The number of anilines is 3. The molecule has 0 aliphatic rings. The van der Waals surface area contributed by atoms with Gasteiger partial charge in [-0.3, -0.25) is 4.68 Å². The van der Waals surface area contributed by atoms with Gasteiger partial charge >= 0.3 is 0 Å². The molecule has 2 unspecified atom stereocenters. The second-order valence-electron chi connectivity index (χ2n) is 6.33. The number of halogens is 3. The molecular weight excluding hydrogens is 406 g/mol. The Balaban J connectivity index is 1.80. The number of nitrogens with one attached hydrogen (secondary N) is 2. The molecule has 0 saturated heterocycles. The predicted molar refractivity (Wildman–Crippen MR) is 104 cm³/mol. The number of nitrogens with zero attached hydrogens (tertiary/aromatic N) is 4. The summed E-state index contributed by atoms with van der Waals surface area (Å²) < 4.78 is 29.7. The summed E-state index contributed by atoms with van der Waals surface area (Å²) in [7, 11) is 0. The summed E-state index contributed by atoms with van der Waals surface area (Å²) in [5.41, 5.74) is 0.247. The zero-order valence-electron chi connectivity index (χ0n) is 15.4. The average Bonchev–Trinajstić information content (AvgIpc) is 3.09. The number of aliphatic hydroxyl groups is 2. The summed E-state index contributed by atoms with van der Waals surface area (Å²) in [5.74, 6) is -1.36. The fourth-order valence-electron chi connectivity index (χ4n) is 2.67. The van der Waals surface area contributed by atoms with Gasteiger partial charge in [0.2, 0.25) is 5.95 Å². The summed E-state index contributed by atoms with van der Waals surface area (Å²) in [5, 5.41) is 28.9. The molecule has 0 bridgehead atoms. The smallest absolute Gasteiger partial charge is 0.229 e. The van der Waals surface area contributed by atoms with E-state index >= 15 is 0 Å². The van der Waals surface area contributed by atoms with E-state index in [0.29, 0.717) is 12.2 Å². The van der Waals surface area contributed by atoms with E-state index in [4.69, 9.17) is 11.6 Å². The number of aliphatic hydroxyl groups excluding tert-OH is 2. The van der Waals surface area contributed by atoms with Crippen molar-refractivity contribution in [2.75, 3.05) is 17.2 Å². The van der Waals surface area contributed by atoms with Gasteiger partial charge in [-0.25, -0.2) is 13.8 Å². The molecule has 0 radical (unpaired) electrons. The summed E-state index contributed by atoms with van der Waals surface area (Å²) in [6.45, 7) is 1.38. The maximum absolute atomic E-state index is 14.1. The first-order chi connectivity index (χ1) is 13.9. The Morgan fingerprint density at radius 3 is 2.62 bits per heavy atom. The van der Waals surface area contributed by atoms with Gasteiger partial charge in [-0.15, -0.1) is 0 Å². The molecule has 29 heavy (non-hydrogen) atoms. The molecule has 11 heteroatoms. The monoisotopic (exact) mass is 424 g/mol. The number of hydrogen-bond donors (Lipinski definition) is 4. The van der Waals surface area contributed by atoms with Crippen LogP contribution in [-0.4, -0.2) is 42.7 Å². The minimum absolute atomic E-state index is 0.0854. The lowest BCUT2D eigenvalue weighted by Crippen LogP contribution is -2.19. The molecule has 4 N–H and O–H groups in total. The minimum Gasteiger partial charge on any atom is -0.394 e. The standard InChI is InChI=1S/C18H19ClF2N6O2/c1-10(29)7-27-8-11(5-23-27)24-18-22-6-12(19)17(26-18)25-15(9-28)16-13(20)3-2-4-14(16)21/h2-6,8,10,15,28-29H,7,9H2,1H3,(H2,22,24,25,26). The molecule has 0 aliphatic heterocycles. The number of benzene rings is 1. The Bertz CT molecular complexity index is 964. The molecule has 0 amide bonds. The molecule has 3 aromatic rings. The van der Waals surface area contributed by atoms with Crippen molar-refractivity contribution >= 4 is 29.1 Å². The van der Waals surface area contributed by atoms with Crippen LogP contribution in [0.1, 0.15) is 18.5 Å². The zero-order chi connectivity index (χ0) is 21.0. The van der Waals surface area contributed by atoms with Crippen LogP contribution in [0.3, 0.4) is 0 Å². The van der Waals surface area contributed by atoms with Crippen molar-refractivity contribution in [3.63, 3.8) is 0 Å². The second kappa shape index (κ2) is 9.12. The Morgan fingerprint density at radius 1 is 1.24 bits per heavy atom. The van der Waals surface area contributed by atoms with Crippen LogP contribution in [0.4, 0.5) is 26.2 Å². The lowest BCUT2D eigenvalue weighted by Gasteiger charge is -2.19. The van der Waals surface area contributed by atoms with Crippen molar-refractivity contribution in [2.45, 2.75) is 25.6 Å². The predicted octanol–water partition coefficient (Wildman–Crippen LogP) is 2.87. The fraction of sp³-hybridized carbons (Fsp3) is 0.278. The summed E-state index contributed by atoms with van der Waals surface area (Å²) in [6, 6.07) is 2.33. The molecule has 0 aliphatic carbocycles. The quantitative estimate of drug-likeness (QED) is 0.440. The maximum atomic E-state index is 14.1. The van der Waals surface area contributed by atoms with E-state index in [1.807, 2.05) is 0 Å². The van der Waals surface area contributed by atoms with Crippen LogP contribution in [0.5, 0.6) is 0 Å². The summed E-state index contributed by atoms with van der Waals surface area (Å²) in [6.07, 6.45) is 3.94. The Hall–Kier alpha value is -2.82. The van der Waals surface area contributed by atoms with Gasteiger partial charge in [0.15, 0.2) is 5.82 Å². The highest BCUT2D eigenvalue weighted by atomic mass is 35.5. The van der Waals surface area contributed by atoms with Crippen molar-refractivity contribution in [3.8, 4) is 0 Å². The SMILES string of the molecule is CC(O)Cn1cc(Nc2ncc(Cl)c(NC(CO)c3c(F)cccc3F)n2)cn1. The lowest BCUT2D eigenvalue weighted by atomic mass is 10.1. The normalized spacial score (nSPS) is 13.2. The second-order valence-corrected chi connectivity index (χ2v) is 6.74. The van der Waals surface area contributed by atoms with E-state index in [9.17, 15) is 19.0 Å². The van der Waals surface area contributed by atoms with Crippen molar-refractivity contribution in [3.05, 3.63) is 59.0 Å². The molecule has 2 aromatic heterocycles. The van der Waals surface area contributed by atoms with E-state index in [1.54, 1.807) is 17.8 Å². The maximum Gasteiger partial charge on any atom is 0.229 e. The largest absolute Gasteiger partial charge is 0.394 e. The van der Waals surface area contributed by atoms with Gasteiger partial charge in [-0.1, -0.05) is 17.7 Å². The van der Waals surface area contributed by atoms with E-state index in [1.165, 1.54) is 18.5 Å². The third-order valence-corrected chi connectivity index (χ3v) is 4.20. The fourth-order valence-corrected chi connectivity index (χ4v) is 2.82. The van der Waals surface area contributed by atoms with Gasteiger partial charge in [-0.2, -0.15) is 10.1 Å². The number of aromatic nitrogens is 4. The molecule has 3 rings (SSSR count). The third kappa shape index (κ3) is 5.17.